The van der Waals surface area contributed by atoms with Crippen LogP contribution in [0.25, 0.3) is 28.2 Å². The van der Waals surface area contributed by atoms with Crippen LogP contribution in [0.4, 0.5) is 0 Å². The molecule has 0 saturated heterocycles. The highest BCUT2D eigenvalue weighted by molar-refractivity contribution is 5.75. The molecule has 0 aliphatic carbocycles. The van der Waals surface area contributed by atoms with Crippen molar-refractivity contribution in [3.05, 3.63) is 66.0 Å². The average Bonchev–Trinajstić information content (AvgIpc) is 3.13. The summed E-state index contributed by atoms with van der Waals surface area (Å²) in [5.41, 5.74) is 6.00. The van der Waals surface area contributed by atoms with E-state index in [0.717, 1.165) is 22.4 Å². The minimum atomic E-state index is 0.596. The van der Waals surface area contributed by atoms with Crippen LogP contribution in [0.15, 0.2) is 59.3 Å². The van der Waals surface area contributed by atoms with Gasteiger partial charge >= 0.3 is 0 Å². The number of fused-ring (bicyclic) bond motifs is 1. The molecule has 2 aromatic heterocycles. The normalized spacial score (nSPS) is 11.2. The van der Waals surface area contributed by atoms with Crippen LogP contribution in [0.5, 0.6) is 0 Å². The molecule has 4 rings (SSSR count). The van der Waals surface area contributed by atoms with E-state index in [1.807, 2.05) is 35.1 Å². The molecule has 0 saturated carbocycles. The number of rotatable bonds is 2. The Morgan fingerprint density at radius 3 is 2.50 bits per heavy atom. The second-order valence-corrected chi connectivity index (χ2v) is 5.40. The number of benzene rings is 2. The lowest BCUT2D eigenvalue weighted by molar-refractivity contribution is 0.620. The first-order chi connectivity index (χ1) is 10.7. The summed E-state index contributed by atoms with van der Waals surface area (Å²) in [6.07, 6.45) is 3.75. The van der Waals surface area contributed by atoms with Gasteiger partial charge in [-0.25, -0.2) is 9.67 Å². The zero-order valence-electron chi connectivity index (χ0n) is 12.4. The Morgan fingerprint density at radius 2 is 1.73 bits per heavy atom. The fraction of sp³-hybridized carbons (Fsp3) is 0.111. The van der Waals surface area contributed by atoms with E-state index in [0.29, 0.717) is 5.89 Å². The van der Waals surface area contributed by atoms with Crippen molar-refractivity contribution >= 4 is 11.1 Å². The maximum Gasteiger partial charge on any atom is 0.230 e. The van der Waals surface area contributed by atoms with E-state index >= 15 is 0 Å². The van der Waals surface area contributed by atoms with E-state index in [1.165, 1.54) is 11.1 Å². The molecule has 0 spiro atoms. The van der Waals surface area contributed by atoms with Gasteiger partial charge in [0.25, 0.3) is 0 Å². The molecule has 0 unspecified atom stereocenters. The van der Waals surface area contributed by atoms with Crippen LogP contribution in [0.2, 0.25) is 0 Å². The molecule has 0 aliphatic heterocycles. The molecule has 0 amide bonds. The van der Waals surface area contributed by atoms with Crippen molar-refractivity contribution in [2.45, 2.75) is 13.8 Å². The van der Waals surface area contributed by atoms with Gasteiger partial charge in [0.15, 0.2) is 5.58 Å². The second kappa shape index (κ2) is 4.84. The van der Waals surface area contributed by atoms with Gasteiger partial charge in [-0.05, 0) is 37.1 Å². The molecule has 0 aliphatic rings. The molecule has 0 fully saturated rings. The van der Waals surface area contributed by atoms with Gasteiger partial charge in [0.05, 0.1) is 17.4 Å². The zero-order valence-corrected chi connectivity index (χ0v) is 12.4. The molecular weight excluding hydrogens is 274 g/mol. The smallest absolute Gasteiger partial charge is 0.230 e. The minimum Gasteiger partial charge on any atom is -0.436 e. The van der Waals surface area contributed by atoms with Crippen molar-refractivity contribution in [3.8, 4) is 17.1 Å². The van der Waals surface area contributed by atoms with Crippen molar-refractivity contribution < 1.29 is 4.42 Å². The van der Waals surface area contributed by atoms with E-state index in [2.05, 4.69) is 42.1 Å². The first-order valence-corrected chi connectivity index (χ1v) is 7.19. The van der Waals surface area contributed by atoms with E-state index in [4.69, 9.17) is 4.42 Å². The third kappa shape index (κ3) is 2.00. The standard InChI is InChI=1S/C18H15N3O/c1-12-6-5-7-13(2)17(12)21-11-14(10-19-21)18-20-15-8-3-4-9-16(15)22-18/h3-11H,1-2H3. The van der Waals surface area contributed by atoms with E-state index in [1.54, 1.807) is 6.20 Å². The second-order valence-electron chi connectivity index (χ2n) is 5.40. The van der Waals surface area contributed by atoms with Crippen molar-refractivity contribution in [1.82, 2.24) is 14.8 Å². The van der Waals surface area contributed by atoms with Crippen LogP contribution in [0.1, 0.15) is 11.1 Å². The third-order valence-electron chi connectivity index (χ3n) is 3.79. The number of para-hydroxylation sites is 3. The summed E-state index contributed by atoms with van der Waals surface area (Å²) >= 11 is 0. The van der Waals surface area contributed by atoms with Crippen LogP contribution in [0.3, 0.4) is 0 Å². The summed E-state index contributed by atoms with van der Waals surface area (Å²) in [5, 5.41) is 4.47. The molecule has 0 atom stereocenters. The van der Waals surface area contributed by atoms with Gasteiger partial charge < -0.3 is 4.42 Å². The number of oxazole rings is 1. The highest BCUT2D eigenvalue weighted by atomic mass is 16.3. The number of aromatic nitrogens is 3. The number of hydrogen-bond acceptors (Lipinski definition) is 3. The van der Waals surface area contributed by atoms with E-state index < -0.39 is 0 Å². The zero-order chi connectivity index (χ0) is 15.1. The van der Waals surface area contributed by atoms with Gasteiger partial charge in [-0.1, -0.05) is 30.3 Å². The van der Waals surface area contributed by atoms with Crippen LogP contribution < -0.4 is 0 Å². The maximum atomic E-state index is 5.80. The Kier molecular flexibility index (Phi) is 2.82. The molecule has 2 aromatic carbocycles. The van der Waals surface area contributed by atoms with E-state index in [-0.39, 0.29) is 0 Å². The van der Waals surface area contributed by atoms with Crippen LogP contribution in [0, 0.1) is 13.8 Å². The molecule has 0 radical (unpaired) electrons. The van der Waals surface area contributed by atoms with Crippen molar-refractivity contribution in [3.63, 3.8) is 0 Å². The van der Waals surface area contributed by atoms with Gasteiger partial charge in [0.2, 0.25) is 5.89 Å². The quantitative estimate of drug-likeness (QED) is 0.552. The third-order valence-corrected chi connectivity index (χ3v) is 3.79. The predicted molar refractivity (Wildman–Crippen MR) is 86.0 cm³/mol. The minimum absolute atomic E-state index is 0.596. The van der Waals surface area contributed by atoms with Gasteiger partial charge in [-0.2, -0.15) is 5.10 Å². The van der Waals surface area contributed by atoms with Crippen molar-refractivity contribution in [2.24, 2.45) is 0 Å². The van der Waals surface area contributed by atoms with Crippen molar-refractivity contribution in [1.29, 1.82) is 0 Å². The molecule has 4 heteroatoms. The number of aryl methyl sites for hydroxylation is 2. The topological polar surface area (TPSA) is 43.9 Å². The summed E-state index contributed by atoms with van der Waals surface area (Å²) in [4.78, 5) is 4.51. The molecule has 22 heavy (non-hydrogen) atoms. The van der Waals surface area contributed by atoms with E-state index in [9.17, 15) is 0 Å². The fourth-order valence-electron chi connectivity index (χ4n) is 2.72. The lowest BCUT2D eigenvalue weighted by Crippen LogP contribution is -1.99. The fourth-order valence-corrected chi connectivity index (χ4v) is 2.72. The lowest BCUT2D eigenvalue weighted by Gasteiger charge is -2.08. The lowest BCUT2D eigenvalue weighted by atomic mass is 10.1. The predicted octanol–water partition coefficient (Wildman–Crippen LogP) is 4.30. The molecule has 0 N–H and O–H groups in total. The number of hydrogen-bond donors (Lipinski definition) is 0. The first kappa shape index (κ1) is 12.8. The van der Waals surface area contributed by atoms with Gasteiger partial charge in [0.1, 0.15) is 5.52 Å². The Labute approximate surface area is 128 Å². The summed E-state index contributed by atoms with van der Waals surface area (Å²) in [7, 11) is 0. The Hall–Kier alpha value is -2.88. The monoisotopic (exact) mass is 289 g/mol. The molecular formula is C18H15N3O. The molecule has 0 bridgehead atoms. The Bertz CT molecular complexity index is 912. The molecule has 108 valence electrons. The van der Waals surface area contributed by atoms with Gasteiger partial charge in [0, 0.05) is 6.20 Å². The summed E-state index contributed by atoms with van der Waals surface area (Å²) in [5.74, 6) is 0.596. The molecule has 4 aromatic rings. The Morgan fingerprint density at radius 1 is 0.955 bits per heavy atom. The molecule has 2 heterocycles. The molecule has 4 nitrogen and oxygen atoms in total. The number of nitrogens with zero attached hydrogens (tertiary/aromatic N) is 3. The highest BCUT2D eigenvalue weighted by Crippen LogP contribution is 2.25. The largest absolute Gasteiger partial charge is 0.436 e. The van der Waals surface area contributed by atoms with Crippen LogP contribution in [-0.2, 0) is 0 Å². The first-order valence-electron chi connectivity index (χ1n) is 7.19. The summed E-state index contributed by atoms with van der Waals surface area (Å²) in [6.45, 7) is 4.17. The van der Waals surface area contributed by atoms with Gasteiger partial charge in [-0.15, -0.1) is 0 Å². The average molecular weight is 289 g/mol. The van der Waals surface area contributed by atoms with Gasteiger partial charge in [-0.3, -0.25) is 0 Å². The van der Waals surface area contributed by atoms with Crippen LogP contribution >= 0.6 is 0 Å². The van der Waals surface area contributed by atoms with Crippen molar-refractivity contribution in [2.75, 3.05) is 0 Å². The van der Waals surface area contributed by atoms with Crippen LogP contribution in [-0.4, -0.2) is 14.8 Å². The Balaban J connectivity index is 1.81. The summed E-state index contributed by atoms with van der Waals surface area (Å²) < 4.78 is 7.68. The SMILES string of the molecule is Cc1cccc(C)c1-n1cc(-c2nc3ccccc3o2)cn1. The summed E-state index contributed by atoms with van der Waals surface area (Å²) in [6, 6.07) is 14.0. The highest BCUT2D eigenvalue weighted by Gasteiger charge is 2.12. The maximum absolute atomic E-state index is 5.80.